The van der Waals surface area contributed by atoms with Gasteiger partial charge in [0.2, 0.25) is 0 Å². The molecule has 1 aliphatic heterocycles. The minimum atomic E-state index is -0.381. The van der Waals surface area contributed by atoms with Gasteiger partial charge in [0.15, 0.2) is 0 Å². The smallest absolute Gasteiger partial charge is 0.251 e. The Morgan fingerprint density at radius 1 is 1.38 bits per heavy atom. The Morgan fingerprint density at radius 3 is 2.67 bits per heavy atom. The molecule has 0 aromatic rings. The van der Waals surface area contributed by atoms with Crippen LogP contribution < -0.4 is 0 Å². The lowest BCUT2D eigenvalue weighted by molar-refractivity contribution is -0.144. The third kappa shape index (κ3) is 4.28. The second-order valence-electron chi connectivity index (χ2n) is 6.02. The minimum Gasteiger partial charge on any atom is -0.391 e. The molecule has 0 aromatic carbocycles. The van der Waals surface area contributed by atoms with Crippen LogP contribution in [0.2, 0.25) is 0 Å². The number of ether oxygens (including phenoxy) is 1. The van der Waals surface area contributed by atoms with Gasteiger partial charge in [0.05, 0.1) is 12.7 Å². The average molecular weight is 296 g/mol. The van der Waals surface area contributed by atoms with Gasteiger partial charge in [0.25, 0.3) is 5.91 Å². The van der Waals surface area contributed by atoms with Crippen LogP contribution in [0.4, 0.5) is 0 Å². The second kappa shape index (κ2) is 7.92. The van der Waals surface area contributed by atoms with E-state index in [9.17, 15) is 9.90 Å². The van der Waals surface area contributed by atoms with Crippen LogP contribution in [-0.2, 0) is 9.53 Å². The Morgan fingerprint density at radius 2 is 2.10 bits per heavy atom. The Balaban J connectivity index is 1.75. The molecule has 120 valence electrons. The third-order valence-electron chi connectivity index (χ3n) is 4.58. The highest BCUT2D eigenvalue weighted by atomic mass is 16.5. The molecule has 1 aliphatic carbocycles. The minimum absolute atomic E-state index is 0.0747. The molecule has 2 aliphatic rings. The normalized spacial score (nSPS) is 28.6. The summed E-state index contributed by atoms with van der Waals surface area (Å²) in [6, 6.07) is 0.295. The van der Waals surface area contributed by atoms with Crippen LogP contribution in [0.15, 0.2) is 12.7 Å². The van der Waals surface area contributed by atoms with Gasteiger partial charge < -0.3 is 14.7 Å². The average Bonchev–Trinajstić information content (AvgIpc) is 2.93. The fourth-order valence-electron chi connectivity index (χ4n) is 3.28. The van der Waals surface area contributed by atoms with E-state index in [1.807, 2.05) is 11.8 Å². The second-order valence-corrected chi connectivity index (χ2v) is 6.02. The standard InChI is InChI=1S/C16H28N2O3/c1-3-4-12-21-13(2)16(20)18-10-8-17(9-11-18)14-6-5-7-15(14)19/h3,13-15,19H,1,4-12H2,2H3/t13-,14-,15-/m1/s1. The van der Waals surface area contributed by atoms with Crippen molar-refractivity contribution in [3.05, 3.63) is 12.7 Å². The summed E-state index contributed by atoms with van der Waals surface area (Å²) in [6.45, 7) is 9.18. The summed E-state index contributed by atoms with van der Waals surface area (Å²) in [5.41, 5.74) is 0. The van der Waals surface area contributed by atoms with Crippen LogP contribution in [0.3, 0.4) is 0 Å². The molecule has 5 heteroatoms. The van der Waals surface area contributed by atoms with Crippen molar-refractivity contribution >= 4 is 5.91 Å². The van der Waals surface area contributed by atoms with E-state index in [-0.39, 0.29) is 18.1 Å². The van der Waals surface area contributed by atoms with Crippen LogP contribution in [-0.4, -0.2) is 71.8 Å². The molecule has 0 radical (unpaired) electrons. The van der Waals surface area contributed by atoms with E-state index in [1.54, 1.807) is 6.08 Å². The Hall–Kier alpha value is -0.910. The summed E-state index contributed by atoms with van der Waals surface area (Å²) < 4.78 is 5.53. The molecule has 1 heterocycles. The molecule has 1 N–H and O–H groups in total. The largest absolute Gasteiger partial charge is 0.391 e. The highest BCUT2D eigenvalue weighted by Gasteiger charge is 2.34. The van der Waals surface area contributed by atoms with Crippen LogP contribution >= 0.6 is 0 Å². The maximum Gasteiger partial charge on any atom is 0.251 e. The number of aliphatic hydroxyl groups excluding tert-OH is 1. The number of piperazine rings is 1. The van der Waals surface area contributed by atoms with Gasteiger partial charge in [-0.3, -0.25) is 9.69 Å². The van der Waals surface area contributed by atoms with Crippen molar-refractivity contribution < 1.29 is 14.6 Å². The van der Waals surface area contributed by atoms with Crippen molar-refractivity contribution in [2.24, 2.45) is 0 Å². The van der Waals surface area contributed by atoms with E-state index < -0.39 is 0 Å². The summed E-state index contributed by atoms with van der Waals surface area (Å²) in [4.78, 5) is 16.5. The van der Waals surface area contributed by atoms with Gasteiger partial charge in [-0.2, -0.15) is 0 Å². The Labute approximate surface area is 127 Å². The summed E-state index contributed by atoms with van der Waals surface area (Å²) >= 11 is 0. The van der Waals surface area contributed by atoms with Crippen LogP contribution in [0.1, 0.15) is 32.6 Å². The van der Waals surface area contributed by atoms with Crippen LogP contribution in [0.25, 0.3) is 0 Å². The fourth-order valence-corrected chi connectivity index (χ4v) is 3.28. The maximum absolute atomic E-state index is 12.3. The summed E-state index contributed by atoms with van der Waals surface area (Å²) in [5, 5.41) is 9.97. The molecule has 1 saturated carbocycles. The predicted octanol–water partition coefficient (Wildman–Crippen LogP) is 1.03. The van der Waals surface area contributed by atoms with Gasteiger partial charge in [0.1, 0.15) is 6.10 Å². The topological polar surface area (TPSA) is 53.0 Å². The zero-order valence-electron chi connectivity index (χ0n) is 13.0. The van der Waals surface area contributed by atoms with Crippen molar-refractivity contribution in [2.45, 2.75) is 50.9 Å². The number of carbonyl (C=O) groups excluding carboxylic acids is 1. The molecule has 3 atom stereocenters. The van der Waals surface area contributed by atoms with Crippen LogP contribution in [0.5, 0.6) is 0 Å². The molecule has 0 unspecified atom stereocenters. The van der Waals surface area contributed by atoms with Crippen molar-refractivity contribution in [1.82, 2.24) is 9.80 Å². The highest BCUT2D eigenvalue weighted by molar-refractivity contribution is 5.80. The van der Waals surface area contributed by atoms with Crippen molar-refractivity contribution in [3.8, 4) is 0 Å². The first kappa shape index (κ1) is 16.5. The van der Waals surface area contributed by atoms with Gasteiger partial charge >= 0.3 is 0 Å². The van der Waals surface area contributed by atoms with E-state index in [1.165, 1.54) is 0 Å². The Kier molecular flexibility index (Phi) is 6.21. The lowest BCUT2D eigenvalue weighted by Crippen LogP contribution is -2.55. The van der Waals surface area contributed by atoms with Gasteiger partial charge in [-0.05, 0) is 32.6 Å². The van der Waals surface area contributed by atoms with Crippen molar-refractivity contribution in [1.29, 1.82) is 0 Å². The molecule has 1 saturated heterocycles. The molecule has 2 fully saturated rings. The quantitative estimate of drug-likeness (QED) is 0.587. The lowest BCUT2D eigenvalue weighted by atomic mass is 10.1. The zero-order chi connectivity index (χ0) is 15.2. The number of amides is 1. The van der Waals surface area contributed by atoms with E-state index in [0.717, 1.165) is 51.9 Å². The number of hydrogen-bond acceptors (Lipinski definition) is 4. The summed E-state index contributed by atoms with van der Waals surface area (Å²) in [6.07, 6.45) is 5.10. The molecule has 5 nitrogen and oxygen atoms in total. The Bertz CT molecular complexity index is 353. The number of aliphatic hydroxyl groups is 1. The van der Waals surface area contributed by atoms with E-state index in [0.29, 0.717) is 12.6 Å². The molecule has 0 bridgehead atoms. The number of rotatable bonds is 6. The first-order valence-electron chi connectivity index (χ1n) is 8.07. The first-order valence-corrected chi connectivity index (χ1v) is 8.07. The summed E-state index contributed by atoms with van der Waals surface area (Å²) in [5.74, 6) is 0.0747. The lowest BCUT2D eigenvalue weighted by Gasteiger charge is -2.39. The third-order valence-corrected chi connectivity index (χ3v) is 4.58. The van der Waals surface area contributed by atoms with Gasteiger partial charge in [-0.1, -0.05) is 6.08 Å². The van der Waals surface area contributed by atoms with Gasteiger partial charge in [0, 0.05) is 32.2 Å². The van der Waals surface area contributed by atoms with Gasteiger partial charge in [-0.15, -0.1) is 6.58 Å². The fraction of sp³-hybridized carbons (Fsp3) is 0.812. The molecular formula is C16H28N2O3. The SMILES string of the molecule is C=CCCO[C@H](C)C(=O)N1CCN([C@@H]2CCC[C@H]2O)CC1. The van der Waals surface area contributed by atoms with E-state index >= 15 is 0 Å². The molecule has 2 rings (SSSR count). The molecular weight excluding hydrogens is 268 g/mol. The maximum atomic E-state index is 12.3. The first-order chi connectivity index (χ1) is 10.1. The summed E-state index contributed by atoms with van der Waals surface area (Å²) in [7, 11) is 0. The highest BCUT2D eigenvalue weighted by Crippen LogP contribution is 2.25. The predicted molar refractivity (Wildman–Crippen MR) is 82.0 cm³/mol. The van der Waals surface area contributed by atoms with E-state index in [2.05, 4.69) is 11.5 Å². The van der Waals surface area contributed by atoms with Gasteiger partial charge in [-0.25, -0.2) is 0 Å². The van der Waals surface area contributed by atoms with E-state index in [4.69, 9.17) is 4.74 Å². The van der Waals surface area contributed by atoms with Crippen LogP contribution in [0, 0.1) is 0 Å². The molecule has 0 aromatic heterocycles. The molecule has 1 amide bonds. The molecule has 21 heavy (non-hydrogen) atoms. The number of hydrogen-bond donors (Lipinski definition) is 1. The van der Waals surface area contributed by atoms with Crippen molar-refractivity contribution in [3.63, 3.8) is 0 Å². The monoisotopic (exact) mass is 296 g/mol. The number of carbonyl (C=O) groups is 1. The molecule has 0 spiro atoms. The number of nitrogens with zero attached hydrogens (tertiary/aromatic N) is 2. The zero-order valence-corrected chi connectivity index (χ0v) is 13.0. The van der Waals surface area contributed by atoms with Crippen molar-refractivity contribution in [2.75, 3.05) is 32.8 Å².